The summed E-state index contributed by atoms with van der Waals surface area (Å²) in [5.41, 5.74) is 1.81. The van der Waals surface area contributed by atoms with Gasteiger partial charge in [0.2, 0.25) is 0 Å². The number of benzene rings is 2. The van der Waals surface area contributed by atoms with Crippen molar-refractivity contribution in [1.82, 2.24) is 0 Å². The molecule has 18 heavy (non-hydrogen) atoms. The monoisotopic (exact) mass is 242 g/mol. The summed E-state index contributed by atoms with van der Waals surface area (Å²) in [5.74, 6) is 1.02. The first kappa shape index (κ1) is 12.0. The lowest BCUT2D eigenvalue weighted by atomic mass is 10.1. The van der Waals surface area contributed by atoms with E-state index in [1.165, 1.54) is 0 Å². The topological polar surface area (TPSA) is 49.7 Å². The Bertz CT molecular complexity index is 556. The predicted molar refractivity (Wildman–Crippen MR) is 71.7 cm³/mol. The van der Waals surface area contributed by atoms with Crippen LogP contribution < -0.4 is 4.74 Å². The average molecular weight is 242 g/mol. The number of ether oxygens (including phenoxy) is 1. The molecule has 3 heteroatoms. The van der Waals surface area contributed by atoms with Gasteiger partial charge in [-0.2, -0.15) is 0 Å². The first-order valence-corrected chi connectivity index (χ1v) is 5.52. The van der Waals surface area contributed by atoms with Crippen LogP contribution in [0.3, 0.4) is 0 Å². The van der Waals surface area contributed by atoms with Crippen LogP contribution in [0.5, 0.6) is 17.2 Å². The van der Waals surface area contributed by atoms with Gasteiger partial charge in [-0.3, -0.25) is 0 Å². The second-order valence-corrected chi connectivity index (χ2v) is 3.89. The maximum absolute atomic E-state index is 9.51. The highest BCUT2D eigenvalue weighted by molar-refractivity contribution is 5.71. The van der Waals surface area contributed by atoms with Crippen LogP contribution >= 0.6 is 0 Å². The van der Waals surface area contributed by atoms with Crippen LogP contribution in [0, 0.1) is 0 Å². The molecular weight excluding hydrogens is 228 g/mol. The molecule has 2 aromatic carbocycles. The van der Waals surface area contributed by atoms with Crippen LogP contribution in [0.15, 0.2) is 42.5 Å². The van der Waals surface area contributed by atoms with Crippen molar-refractivity contribution in [3.63, 3.8) is 0 Å². The van der Waals surface area contributed by atoms with Crippen LogP contribution in [0.2, 0.25) is 0 Å². The van der Waals surface area contributed by atoms with Crippen molar-refractivity contribution in [2.75, 3.05) is 7.11 Å². The summed E-state index contributed by atoms with van der Waals surface area (Å²) in [6.45, 7) is 0. The Labute approximate surface area is 106 Å². The van der Waals surface area contributed by atoms with E-state index in [0.717, 1.165) is 11.1 Å². The molecule has 2 rings (SSSR count). The Balaban J connectivity index is 2.22. The fraction of sp³-hybridized carbons (Fsp3) is 0.0667. The van der Waals surface area contributed by atoms with Gasteiger partial charge >= 0.3 is 0 Å². The smallest absolute Gasteiger partial charge is 0.123 e. The molecule has 0 aliphatic rings. The number of aromatic hydroxyl groups is 2. The summed E-state index contributed by atoms with van der Waals surface area (Å²) in [5, 5.41) is 18.7. The number of hydrogen-bond donors (Lipinski definition) is 2. The zero-order valence-electron chi connectivity index (χ0n) is 10.00. The standard InChI is InChI=1S/C15H14O3/c1-18-15-9-12(8-14(17)10-15)3-2-11-4-6-13(16)7-5-11/h2-10,16-17H,1H3. The second-order valence-electron chi connectivity index (χ2n) is 3.89. The van der Waals surface area contributed by atoms with E-state index in [1.54, 1.807) is 31.4 Å². The molecule has 0 atom stereocenters. The van der Waals surface area contributed by atoms with Gasteiger partial charge in [0, 0.05) is 6.07 Å². The SMILES string of the molecule is COc1cc(O)cc(C=Cc2ccc(O)cc2)c1. The number of phenolic OH excluding ortho intramolecular Hbond substituents is 2. The van der Waals surface area contributed by atoms with E-state index in [4.69, 9.17) is 4.74 Å². The Morgan fingerprint density at radius 2 is 1.50 bits per heavy atom. The molecule has 0 amide bonds. The lowest BCUT2D eigenvalue weighted by Crippen LogP contribution is -1.83. The van der Waals surface area contributed by atoms with Gasteiger partial charge in [-0.15, -0.1) is 0 Å². The van der Waals surface area contributed by atoms with E-state index < -0.39 is 0 Å². The Morgan fingerprint density at radius 3 is 2.17 bits per heavy atom. The fourth-order valence-corrected chi connectivity index (χ4v) is 1.60. The third kappa shape index (κ3) is 3.04. The minimum atomic E-state index is 0.166. The molecule has 3 nitrogen and oxygen atoms in total. The molecule has 0 radical (unpaired) electrons. The van der Waals surface area contributed by atoms with Gasteiger partial charge in [0.15, 0.2) is 0 Å². The van der Waals surface area contributed by atoms with Gasteiger partial charge < -0.3 is 14.9 Å². The first-order valence-electron chi connectivity index (χ1n) is 5.52. The predicted octanol–water partition coefficient (Wildman–Crippen LogP) is 3.28. The van der Waals surface area contributed by atoms with Gasteiger partial charge in [0.05, 0.1) is 7.11 Å². The molecule has 0 saturated heterocycles. The van der Waals surface area contributed by atoms with E-state index in [2.05, 4.69) is 0 Å². The van der Waals surface area contributed by atoms with Gasteiger partial charge in [0.25, 0.3) is 0 Å². The molecule has 0 saturated carbocycles. The van der Waals surface area contributed by atoms with Crippen LogP contribution in [-0.2, 0) is 0 Å². The van der Waals surface area contributed by atoms with Crippen molar-refractivity contribution in [2.24, 2.45) is 0 Å². The molecule has 0 aromatic heterocycles. The molecule has 0 bridgehead atoms. The highest BCUT2D eigenvalue weighted by Crippen LogP contribution is 2.23. The molecule has 0 unspecified atom stereocenters. The zero-order chi connectivity index (χ0) is 13.0. The minimum absolute atomic E-state index is 0.166. The summed E-state index contributed by atoms with van der Waals surface area (Å²) in [7, 11) is 1.56. The lowest BCUT2D eigenvalue weighted by molar-refractivity contribution is 0.407. The van der Waals surface area contributed by atoms with Gasteiger partial charge in [0.1, 0.15) is 17.2 Å². The molecule has 2 N–H and O–H groups in total. The molecule has 0 heterocycles. The minimum Gasteiger partial charge on any atom is -0.508 e. The molecule has 2 aromatic rings. The lowest BCUT2D eigenvalue weighted by Gasteiger charge is -2.02. The number of hydrogen-bond acceptors (Lipinski definition) is 3. The van der Waals surface area contributed by atoms with Gasteiger partial charge in [-0.25, -0.2) is 0 Å². The molecule has 0 aliphatic carbocycles. The maximum atomic E-state index is 9.51. The largest absolute Gasteiger partial charge is 0.508 e. The van der Waals surface area contributed by atoms with Crippen LogP contribution in [-0.4, -0.2) is 17.3 Å². The summed E-state index contributed by atoms with van der Waals surface area (Å²) in [6.07, 6.45) is 3.77. The van der Waals surface area contributed by atoms with E-state index in [0.29, 0.717) is 5.75 Å². The first-order chi connectivity index (χ1) is 8.67. The highest BCUT2D eigenvalue weighted by Gasteiger charge is 1.97. The Morgan fingerprint density at radius 1 is 0.833 bits per heavy atom. The average Bonchev–Trinajstić information content (AvgIpc) is 2.37. The maximum Gasteiger partial charge on any atom is 0.123 e. The molecule has 0 aliphatic heterocycles. The van der Waals surface area contributed by atoms with E-state index in [-0.39, 0.29) is 11.5 Å². The van der Waals surface area contributed by atoms with Crippen molar-refractivity contribution in [2.45, 2.75) is 0 Å². The zero-order valence-corrected chi connectivity index (χ0v) is 10.00. The van der Waals surface area contributed by atoms with Crippen LogP contribution in [0.4, 0.5) is 0 Å². The van der Waals surface area contributed by atoms with Crippen molar-refractivity contribution in [3.8, 4) is 17.2 Å². The van der Waals surface area contributed by atoms with Crippen molar-refractivity contribution in [3.05, 3.63) is 53.6 Å². The Hall–Kier alpha value is -2.42. The highest BCUT2D eigenvalue weighted by atomic mass is 16.5. The summed E-state index contributed by atoms with van der Waals surface area (Å²) in [6, 6.07) is 11.9. The summed E-state index contributed by atoms with van der Waals surface area (Å²) < 4.78 is 5.08. The molecule has 92 valence electrons. The quantitative estimate of drug-likeness (QED) is 0.812. The number of phenols is 2. The van der Waals surface area contributed by atoms with Crippen molar-refractivity contribution < 1.29 is 14.9 Å². The third-order valence-electron chi connectivity index (χ3n) is 2.51. The Kier molecular flexibility index (Phi) is 3.53. The van der Waals surface area contributed by atoms with Crippen molar-refractivity contribution in [1.29, 1.82) is 0 Å². The van der Waals surface area contributed by atoms with Crippen LogP contribution in [0.1, 0.15) is 11.1 Å². The molecular formula is C15H14O3. The number of rotatable bonds is 3. The molecule has 0 fully saturated rings. The van der Waals surface area contributed by atoms with Crippen LogP contribution in [0.25, 0.3) is 12.2 Å². The van der Waals surface area contributed by atoms with Gasteiger partial charge in [-0.1, -0.05) is 24.3 Å². The van der Waals surface area contributed by atoms with E-state index in [1.807, 2.05) is 30.4 Å². The fourth-order valence-electron chi connectivity index (χ4n) is 1.60. The van der Waals surface area contributed by atoms with Gasteiger partial charge in [-0.05, 0) is 35.4 Å². The third-order valence-corrected chi connectivity index (χ3v) is 2.51. The second kappa shape index (κ2) is 5.27. The normalized spacial score (nSPS) is 10.7. The summed E-state index contributed by atoms with van der Waals surface area (Å²) >= 11 is 0. The molecule has 0 spiro atoms. The van der Waals surface area contributed by atoms with E-state index >= 15 is 0 Å². The van der Waals surface area contributed by atoms with E-state index in [9.17, 15) is 10.2 Å². The summed E-state index contributed by atoms with van der Waals surface area (Å²) in [4.78, 5) is 0. The number of methoxy groups -OCH3 is 1. The van der Waals surface area contributed by atoms with Crippen molar-refractivity contribution >= 4 is 12.2 Å².